The molecule has 3 N–H and O–H groups in total. The van der Waals surface area contributed by atoms with Crippen molar-refractivity contribution < 1.29 is 24.6 Å². The second-order valence-corrected chi connectivity index (χ2v) is 11.3. The van der Waals surface area contributed by atoms with Crippen molar-refractivity contribution in [2.75, 3.05) is 13.1 Å². The molecule has 0 saturated carbocycles. The first-order chi connectivity index (χ1) is 16.8. The summed E-state index contributed by atoms with van der Waals surface area (Å²) in [6, 6.07) is 9.28. The Bertz CT molecular complexity index is 1240. The highest BCUT2D eigenvalue weighted by atomic mass is 35.5. The van der Waals surface area contributed by atoms with Crippen LogP contribution < -0.4 is 5.32 Å². The van der Waals surface area contributed by atoms with Crippen LogP contribution in [-0.2, 0) is 15.8 Å². The highest BCUT2D eigenvalue weighted by molar-refractivity contribution is 6.30. The standard InChI is InChI=1S/C28H33ClN2O5/c1-15(2)19-8-6-17(12-20(19)26(34)35)24(32)30-23(16(3)4)25(33)31-11-10-28(36)21-9-7-18(29)13-22(21)27(28,5)14-31/h6-9,12-13,15-16,23,36H,10-11,14H2,1-5H3,(H,30,32)(H,34,35)/t23-,27?,28+/m1/s1. The lowest BCUT2D eigenvalue weighted by molar-refractivity contribution is -0.153. The quantitative estimate of drug-likeness (QED) is 0.534. The maximum absolute atomic E-state index is 13.6. The Morgan fingerprint density at radius 3 is 2.36 bits per heavy atom. The predicted molar refractivity (Wildman–Crippen MR) is 137 cm³/mol. The van der Waals surface area contributed by atoms with Crippen LogP contribution in [0.15, 0.2) is 36.4 Å². The normalized spacial score (nSPS) is 23.5. The summed E-state index contributed by atoms with van der Waals surface area (Å²) in [6.45, 7) is 10.1. The zero-order chi connectivity index (χ0) is 26.6. The fourth-order valence-corrected chi connectivity index (χ4v) is 5.86. The van der Waals surface area contributed by atoms with Crippen LogP contribution in [0.5, 0.6) is 0 Å². The number of halogens is 1. The van der Waals surface area contributed by atoms with E-state index in [0.717, 1.165) is 11.1 Å². The van der Waals surface area contributed by atoms with Crippen molar-refractivity contribution in [2.24, 2.45) is 5.92 Å². The van der Waals surface area contributed by atoms with Crippen LogP contribution in [0.25, 0.3) is 0 Å². The summed E-state index contributed by atoms with van der Waals surface area (Å²) in [5.41, 5.74) is 1.03. The molecule has 0 spiro atoms. The van der Waals surface area contributed by atoms with Crippen LogP contribution in [0.3, 0.4) is 0 Å². The van der Waals surface area contributed by atoms with Gasteiger partial charge in [0.25, 0.3) is 5.91 Å². The van der Waals surface area contributed by atoms with Crippen molar-refractivity contribution in [3.63, 3.8) is 0 Å². The minimum Gasteiger partial charge on any atom is -0.478 e. The number of amides is 2. The molecule has 2 aromatic rings. The average molecular weight is 513 g/mol. The lowest BCUT2D eigenvalue weighted by Crippen LogP contribution is -2.68. The second-order valence-electron chi connectivity index (χ2n) is 10.8. The third kappa shape index (κ3) is 4.08. The molecule has 1 unspecified atom stereocenters. The van der Waals surface area contributed by atoms with Crippen LogP contribution >= 0.6 is 11.6 Å². The molecule has 1 aliphatic heterocycles. The Labute approximate surface area is 216 Å². The Morgan fingerprint density at radius 2 is 1.75 bits per heavy atom. The minimum absolute atomic E-state index is 0.0103. The van der Waals surface area contributed by atoms with E-state index in [2.05, 4.69) is 5.32 Å². The maximum Gasteiger partial charge on any atom is 0.335 e. The number of carbonyl (C=O) groups is 3. The first-order valence-corrected chi connectivity index (χ1v) is 12.7. The second kappa shape index (κ2) is 9.20. The fourth-order valence-electron chi connectivity index (χ4n) is 5.68. The van der Waals surface area contributed by atoms with E-state index < -0.39 is 28.9 Å². The molecule has 1 fully saturated rings. The van der Waals surface area contributed by atoms with Crippen molar-refractivity contribution in [3.8, 4) is 0 Å². The molecule has 0 bridgehead atoms. The SMILES string of the molecule is CC(C)c1ccc(C(=O)N[C@@H](C(=O)N2CC[C@]3(O)c4ccc(Cl)cc4C3(C)C2)C(C)C)cc1C(=O)O. The number of fused-ring (bicyclic) bond motifs is 4. The van der Waals surface area contributed by atoms with Gasteiger partial charge in [-0.1, -0.05) is 58.4 Å². The van der Waals surface area contributed by atoms with Gasteiger partial charge in [0.2, 0.25) is 5.91 Å². The number of rotatable bonds is 6. The number of hydrogen-bond donors (Lipinski definition) is 3. The first kappa shape index (κ1) is 26.2. The van der Waals surface area contributed by atoms with Gasteiger partial charge in [0, 0.05) is 29.1 Å². The number of piperidine rings is 1. The molecule has 2 amide bonds. The fraction of sp³-hybridized carbons (Fsp3) is 0.464. The zero-order valence-corrected chi connectivity index (χ0v) is 22.0. The van der Waals surface area contributed by atoms with Crippen molar-refractivity contribution in [2.45, 2.75) is 64.0 Å². The molecule has 0 radical (unpaired) electrons. The van der Waals surface area contributed by atoms with Gasteiger partial charge in [-0.2, -0.15) is 0 Å². The molecule has 192 valence electrons. The van der Waals surface area contributed by atoms with Gasteiger partial charge in [0.05, 0.1) is 5.56 Å². The number of carboxylic acids is 1. The molecule has 3 atom stereocenters. The summed E-state index contributed by atoms with van der Waals surface area (Å²) in [4.78, 5) is 40.2. The Morgan fingerprint density at radius 1 is 1.06 bits per heavy atom. The number of aliphatic hydroxyl groups is 1. The lowest BCUT2D eigenvalue weighted by Gasteiger charge is -2.61. The molecule has 1 heterocycles. The van der Waals surface area contributed by atoms with Gasteiger partial charge in [0.15, 0.2) is 0 Å². The first-order valence-electron chi connectivity index (χ1n) is 12.3. The van der Waals surface area contributed by atoms with E-state index in [-0.39, 0.29) is 28.9 Å². The summed E-state index contributed by atoms with van der Waals surface area (Å²) < 4.78 is 0. The maximum atomic E-state index is 13.6. The van der Waals surface area contributed by atoms with Gasteiger partial charge in [-0.05, 0) is 59.2 Å². The number of aromatic carboxylic acids is 1. The zero-order valence-electron chi connectivity index (χ0n) is 21.3. The molecule has 4 rings (SSSR count). The summed E-state index contributed by atoms with van der Waals surface area (Å²) in [7, 11) is 0. The van der Waals surface area contributed by atoms with Gasteiger partial charge in [0.1, 0.15) is 11.6 Å². The predicted octanol–water partition coefficient (Wildman–Crippen LogP) is 4.31. The molecule has 8 heteroatoms. The number of carbonyl (C=O) groups excluding carboxylic acids is 2. The largest absolute Gasteiger partial charge is 0.478 e. The van der Waals surface area contributed by atoms with E-state index in [9.17, 15) is 24.6 Å². The molecule has 1 saturated heterocycles. The highest BCUT2D eigenvalue weighted by Crippen LogP contribution is 2.59. The van der Waals surface area contributed by atoms with Crippen molar-refractivity contribution >= 4 is 29.4 Å². The molecule has 36 heavy (non-hydrogen) atoms. The van der Waals surface area contributed by atoms with E-state index >= 15 is 0 Å². The Hall–Kier alpha value is -2.90. The summed E-state index contributed by atoms with van der Waals surface area (Å²) >= 11 is 6.21. The number of hydrogen-bond acceptors (Lipinski definition) is 4. The van der Waals surface area contributed by atoms with Crippen LogP contribution in [0, 0.1) is 5.92 Å². The van der Waals surface area contributed by atoms with E-state index in [1.165, 1.54) is 6.07 Å². The van der Waals surface area contributed by atoms with Gasteiger partial charge < -0.3 is 20.4 Å². The molecule has 2 aromatic carbocycles. The summed E-state index contributed by atoms with van der Waals surface area (Å²) in [6.07, 6.45) is 0.390. The molecule has 0 aromatic heterocycles. The van der Waals surface area contributed by atoms with Gasteiger partial charge in [-0.15, -0.1) is 0 Å². The molecular formula is C28H33ClN2O5. The third-order valence-electron chi connectivity index (χ3n) is 7.88. The number of benzene rings is 2. The number of nitrogens with zero attached hydrogens (tertiary/aromatic N) is 1. The van der Waals surface area contributed by atoms with Gasteiger partial charge in [-0.25, -0.2) is 4.79 Å². The van der Waals surface area contributed by atoms with E-state index in [1.54, 1.807) is 23.1 Å². The molecule has 2 aliphatic rings. The minimum atomic E-state index is -1.10. The molecular weight excluding hydrogens is 480 g/mol. The van der Waals surface area contributed by atoms with Crippen LogP contribution in [-0.4, -0.2) is 52.0 Å². The molecule has 7 nitrogen and oxygen atoms in total. The number of likely N-dealkylation sites (tertiary alicyclic amines) is 1. The third-order valence-corrected chi connectivity index (χ3v) is 8.12. The van der Waals surface area contributed by atoms with Crippen LogP contribution in [0.2, 0.25) is 5.02 Å². The van der Waals surface area contributed by atoms with Crippen LogP contribution in [0.1, 0.15) is 84.4 Å². The Kier molecular flexibility index (Phi) is 6.69. The number of nitrogens with one attached hydrogen (secondary N) is 1. The van der Waals surface area contributed by atoms with E-state index in [4.69, 9.17) is 11.6 Å². The van der Waals surface area contributed by atoms with Gasteiger partial charge in [-0.3, -0.25) is 9.59 Å². The summed E-state index contributed by atoms with van der Waals surface area (Å²) in [5, 5.41) is 24.4. The monoisotopic (exact) mass is 512 g/mol. The average Bonchev–Trinajstić information content (AvgIpc) is 2.82. The van der Waals surface area contributed by atoms with E-state index in [1.807, 2.05) is 46.8 Å². The van der Waals surface area contributed by atoms with Crippen molar-refractivity contribution in [3.05, 3.63) is 69.2 Å². The van der Waals surface area contributed by atoms with Crippen molar-refractivity contribution in [1.82, 2.24) is 10.2 Å². The highest BCUT2D eigenvalue weighted by Gasteiger charge is 2.62. The van der Waals surface area contributed by atoms with Crippen LogP contribution in [0.4, 0.5) is 0 Å². The van der Waals surface area contributed by atoms with Crippen molar-refractivity contribution in [1.29, 1.82) is 0 Å². The molecule has 1 aliphatic carbocycles. The van der Waals surface area contributed by atoms with E-state index in [0.29, 0.717) is 30.1 Å². The van der Waals surface area contributed by atoms with Gasteiger partial charge >= 0.3 is 5.97 Å². The summed E-state index contributed by atoms with van der Waals surface area (Å²) in [5.74, 6) is -2.04. The lowest BCUT2D eigenvalue weighted by atomic mass is 9.51. The number of carboxylic acid groups (broad SMARTS) is 1. The topological polar surface area (TPSA) is 107 Å². The Balaban J connectivity index is 1.55. The smallest absolute Gasteiger partial charge is 0.335 e.